The van der Waals surface area contributed by atoms with Crippen LogP contribution in [-0.4, -0.2) is 75.6 Å². The Hall–Kier alpha value is -3.17. The predicted molar refractivity (Wildman–Crippen MR) is 124 cm³/mol. The summed E-state index contributed by atoms with van der Waals surface area (Å²) in [6, 6.07) is 4.56. The highest BCUT2D eigenvalue weighted by Crippen LogP contribution is 2.32. The third-order valence-electron chi connectivity index (χ3n) is 6.82. The second kappa shape index (κ2) is 9.76. The fourth-order valence-electron chi connectivity index (χ4n) is 4.89. The van der Waals surface area contributed by atoms with Crippen molar-refractivity contribution in [1.82, 2.24) is 14.8 Å². The number of fused-ring (bicyclic) bond motifs is 1. The Morgan fingerprint density at radius 2 is 1.79 bits per heavy atom. The molecule has 1 fully saturated rings. The number of benzene rings is 1. The van der Waals surface area contributed by atoms with E-state index in [1.807, 2.05) is 17.0 Å². The highest BCUT2D eigenvalue weighted by molar-refractivity contribution is 5.98. The summed E-state index contributed by atoms with van der Waals surface area (Å²) in [6.45, 7) is 6.11. The lowest BCUT2D eigenvalue weighted by atomic mass is 9.82. The number of amides is 1. The molecule has 176 valence electrons. The molecule has 0 unspecified atom stereocenters. The number of hydrogen-bond donors (Lipinski definition) is 4. The van der Waals surface area contributed by atoms with Crippen molar-refractivity contribution < 1.29 is 24.6 Å². The highest BCUT2D eigenvalue weighted by atomic mass is 16.4. The number of rotatable bonds is 7. The molecule has 1 aliphatic heterocycles. The number of hydrogen-bond acceptors (Lipinski definition) is 5. The van der Waals surface area contributed by atoms with Gasteiger partial charge in [0.2, 0.25) is 5.91 Å². The van der Waals surface area contributed by atoms with Crippen molar-refractivity contribution in [1.29, 1.82) is 0 Å². The second-order valence-electron chi connectivity index (χ2n) is 8.70. The van der Waals surface area contributed by atoms with Crippen LogP contribution in [0.25, 0.3) is 10.9 Å². The molecule has 4 N–H and O–H groups in total. The van der Waals surface area contributed by atoms with Gasteiger partial charge < -0.3 is 25.4 Å². The number of carboxylic acid groups (broad SMARTS) is 2. The molecular formula is C24H30N4O5. The normalized spacial score (nSPS) is 22.8. The molecule has 3 atom stereocenters. The zero-order valence-corrected chi connectivity index (χ0v) is 18.7. The number of allylic oxidation sites excluding steroid dienone is 2. The van der Waals surface area contributed by atoms with Gasteiger partial charge in [0.15, 0.2) is 0 Å². The van der Waals surface area contributed by atoms with Crippen LogP contribution in [0.5, 0.6) is 0 Å². The van der Waals surface area contributed by atoms with Crippen molar-refractivity contribution >= 4 is 34.4 Å². The van der Waals surface area contributed by atoms with Gasteiger partial charge in [-0.15, -0.1) is 0 Å². The van der Waals surface area contributed by atoms with Crippen LogP contribution in [0.4, 0.5) is 5.69 Å². The van der Waals surface area contributed by atoms with E-state index in [0.29, 0.717) is 37.2 Å². The van der Waals surface area contributed by atoms with E-state index in [1.54, 1.807) is 24.4 Å². The molecule has 4 rings (SSSR count). The smallest absolute Gasteiger partial charge is 0.325 e. The lowest BCUT2D eigenvalue weighted by Crippen LogP contribution is -2.49. The Morgan fingerprint density at radius 1 is 1.09 bits per heavy atom. The van der Waals surface area contributed by atoms with E-state index in [2.05, 4.69) is 22.1 Å². The minimum Gasteiger partial charge on any atom is -0.481 e. The molecule has 0 spiro atoms. The summed E-state index contributed by atoms with van der Waals surface area (Å²) in [5, 5.41) is 23.0. The van der Waals surface area contributed by atoms with Crippen LogP contribution in [0, 0.1) is 11.8 Å². The van der Waals surface area contributed by atoms with Crippen LogP contribution in [0.3, 0.4) is 0 Å². The quantitative estimate of drug-likeness (QED) is 0.474. The van der Waals surface area contributed by atoms with E-state index in [9.17, 15) is 24.6 Å². The number of aliphatic carboxylic acids is 2. The van der Waals surface area contributed by atoms with Crippen LogP contribution >= 0.6 is 0 Å². The third kappa shape index (κ3) is 4.79. The fourth-order valence-corrected chi connectivity index (χ4v) is 4.89. The molecular weight excluding hydrogens is 424 g/mol. The molecule has 1 aliphatic carbocycles. The van der Waals surface area contributed by atoms with Crippen LogP contribution < -0.4 is 5.32 Å². The number of piperazine rings is 1. The van der Waals surface area contributed by atoms with Crippen LogP contribution in [0.1, 0.15) is 31.4 Å². The maximum atomic E-state index is 12.8. The summed E-state index contributed by atoms with van der Waals surface area (Å²) in [7, 11) is 0. The molecule has 1 aromatic heterocycles. The standard InChI is InChI=1S/C24H30N4O5/c1-2-27-9-11-28(12-10-27)21(24(32)33)19-14-25-20-13-15(7-8-16(19)20)26-22(29)17-5-3-4-6-18(17)23(30)31/h3-4,7-8,13-14,17-18,21,25H,2,5-6,9-12H2,1H3,(H,26,29)(H,30,31)(H,32,33)/t17-,18+,21-/m0/s1. The average molecular weight is 455 g/mol. The van der Waals surface area contributed by atoms with E-state index in [1.165, 1.54) is 0 Å². The van der Waals surface area contributed by atoms with Crippen molar-refractivity contribution in [3.63, 3.8) is 0 Å². The zero-order valence-electron chi connectivity index (χ0n) is 18.7. The van der Waals surface area contributed by atoms with E-state index in [-0.39, 0.29) is 5.91 Å². The van der Waals surface area contributed by atoms with Gasteiger partial charge in [-0.2, -0.15) is 0 Å². The number of anilines is 1. The Morgan fingerprint density at radius 3 is 2.42 bits per heavy atom. The van der Waals surface area contributed by atoms with Gasteiger partial charge in [-0.1, -0.05) is 25.1 Å². The van der Waals surface area contributed by atoms with Crippen molar-refractivity contribution in [3.05, 3.63) is 42.1 Å². The van der Waals surface area contributed by atoms with E-state index < -0.39 is 29.8 Å². The van der Waals surface area contributed by atoms with Gasteiger partial charge in [-0.05, 0) is 31.5 Å². The Kier molecular flexibility index (Phi) is 6.80. The molecule has 9 heteroatoms. The summed E-state index contributed by atoms with van der Waals surface area (Å²) in [5.41, 5.74) is 1.96. The monoisotopic (exact) mass is 454 g/mol. The van der Waals surface area contributed by atoms with E-state index >= 15 is 0 Å². The second-order valence-corrected chi connectivity index (χ2v) is 8.70. The minimum absolute atomic E-state index is 0.324. The summed E-state index contributed by atoms with van der Waals surface area (Å²) >= 11 is 0. The molecule has 0 saturated carbocycles. The van der Waals surface area contributed by atoms with Crippen molar-refractivity contribution in [2.45, 2.75) is 25.8 Å². The lowest BCUT2D eigenvalue weighted by Gasteiger charge is -2.37. The highest BCUT2D eigenvalue weighted by Gasteiger charge is 2.34. The maximum absolute atomic E-state index is 12.8. The number of aromatic amines is 1. The molecule has 1 amide bonds. The minimum atomic E-state index is -0.969. The number of nitrogens with one attached hydrogen (secondary N) is 2. The first-order valence-corrected chi connectivity index (χ1v) is 11.4. The molecule has 0 bridgehead atoms. The Labute approximate surface area is 192 Å². The van der Waals surface area contributed by atoms with Gasteiger partial charge in [0, 0.05) is 54.5 Å². The number of carboxylic acids is 2. The van der Waals surface area contributed by atoms with Gasteiger partial charge in [0.05, 0.1) is 11.8 Å². The topological polar surface area (TPSA) is 126 Å². The molecule has 2 heterocycles. The first-order chi connectivity index (χ1) is 15.9. The molecule has 33 heavy (non-hydrogen) atoms. The molecule has 1 aromatic carbocycles. The first kappa shape index (κ1) is 23.0. The first-order valence-electron chi connectivity index (χ1n) is 11.4. The van der Waals surface area contributed by atoms with Gasteiger partial charge in [-0.3, -0.25) is 19.3 Å². The molecule has 2 aliphatic rings. The van der Waals surface area contributed by atoms with Crippen LogP contribution in [0.15, 0.2) is 36.5 Å². The zero-order chi connectivity index (χ0) is 23.5. The maximum Gasteiger partial charge on any atom is 0.325 e. The summed E-state index contributed by atoms with van der Waals surface area (Å²) in [6.07, 6.45) is 6.11. The fraction of sp³-hybridized carbons (Fsp3) is 0.458. The van der Waals surface area contributed by atoms with Gasteiger partial charge in [0.1, 0.15) is 6.04 Å². The van der Waals surface area contributed by atoms with E-state index in [4.69, 9.17) is 0 Å². The molecule has 1 saturated heterocycles. The summed E-state index contributed by atoms with van der Waals surface area (Å²) in [4.78, 5) is 43.9. The summed E-state index contributed by atoms with van der Waals surface area (Å²) in [5.74, 6) is -3.54. The Bertz CT molecular complexity index is 1070. The van der Waals surface area contributed by atoms with Crippen molar-refractivity contribution in [2.75, 3.05) is 38.0 Å². The number of aromatic nitrogens is 1. The molecule has 0 radical (unpaired) electrons. The third-order valence-corrected chi connectivity index (χ3v) is 6.82. The number of likely N-dealkylation sites (N-methyl/N-ethyl adjacent to an activating group) is 1. The number of nitrogens with zero attached hydrogens (tertiary/aromatic N) is 2. The molecule has 2 aromatic rings. The number of carbonyl (C=O) groups excluding carboxylic acids is 1. The predicted octanol–water partition coefficient (Wildman–Crippen LogP) is 2.54. The largest absolute Gasteiger partial charge is 0.481 e. The van der Waals surface area contributed by atoms with Crippen LogP contribution in [-0.2, 0) is 14.4 Å². The SMILES string of the molecule is CCN1CCN([C@H](C(=O)O)c2c[nH]c3cc(NC(=O)[C@H]4CC=CC[C@H]4C(=O)O)ccc23)CC1. The van der Waals surface area contributed by atoms with Gasteiger partial charge in [-0.25, -0.2) is 0 Å². The number of carbonyl (C=O) groups is 3. The van der Waals surface area contributed by atoms with Crippen LogP contribution in [0.2, 0.25) is 0 Å². The molecule has 9 nitrogen and oxygen atoms in total. The van der Waals surface area contributed by atoms with Crippen molar-refractivity contribution in [2.24, 2.45) is 11.8 Å². The van der Waals surface area contributed by atoms with Crippen molar-refractivity contribution in [3.8, 4) is 0 Å². The van der Waals surface area contributed by atoms with Gasteiger partial charge in [0.25, 0.3) is 0 Å². The lowest BCUT2D eigenvalue weighted by molar-refractivity contribution is -0.146. The number of H-pyrrole nitrogens is 1. The van der Waals surface area contributed by atoms with Gasteiger partial charge >= 0.3 is 11.9 Å². The Balaban J connectivity index is 1.53. The van der Waals surface area contributed by atoms with E-state index in [0.717, 1.165) is 30.5 Å². The average Bonchev–Trinajstić information content (AvgIpc) is 3.22. The summed E-state index contributed by atoms with van der Waals surface area (Å²) < 4.78 is 0.